The van der Waals surface area contributed by atoms with Gasteiger partial charge in [-0.1, -0.05) is 65.5 Å². The average Bonchev–Trinajstić information content (AvgIpc) is 2.69. The highest BCUT2D eigenvalue weighted by atomic mass is 14.8. The Bertz CT molecular complexity index is 653. The third-order valence-corrected chi connectivity index (χ3v) is 4.84. The van der Waals surface area contributed by atoms with Crippen LogP contribution >= 0.6 is 0 Å². The van der Waals surface area contributed by atoms with E-state index in [2.05, 4.69) is 27.7 Å². The second-order valence-electron chi connectivity index (χ2n) is 7.22. The van der Waals surface area contributed by atoms with E-state index in [1.807, 2.05) is 50.6 Å². The summed E-state index contributed by atoms with van der Waals surface area (Å²) in [7, 11) is 0. The molecule has 0 N–H and O–H groups in total. The monoisotopic (exact) mass is 380 g/mol. The Labute approximate surface area is 173 Å². The van der Waals surface area contributed by atoms with Crippen LogP contribution in [0.3, 0.4) is 0 Å². The first kappa shape index (κ1) is 24.1. The highest BCUT2D eigenvalue weighted by Crippen LogP contribution is 2.42. The maximum absolute atomic E-state index is 4.96. The molecule has 0 heterocycles. The zero-order chi connectivity index (χ0) is 20.8. The molecule has 0 saturated heterocycles. The van der Waals surface area contributed by atoms with Crippen LogP contribution in [0.2, 0.25) is 0 Å². The van der Waals surface area contributed by atoms with Gasteiger partial charge in [0, 0.05) is 18.0 Å². The topological polar surface area (TPSA) is 24.7 Å². The summed E-state index contributed by atoms with van der Waals surface area (Å²) in [5, 5.41) is 0. The molecule has 154 valence electrons. The standard InChI is InChI=1S/C26H40N2/c1-7-13-19-27-25-22(16-10-4)21(15-9-3)23(17-11-5)26(24(25)18-12-6)28-20-14-8-2/h7-8,13-14,19-20H,9-12,15-18H2,1-6H3/b13-7+,14-8+,27-19?,28-20?. The molecule has 0 aromatic heterocycles. The van der Waals surface area contributed by atoms with Gasteiger partial charge in [-0.3, -0.25) is 9.98 Å². The molecule has 2 heteroatoms. The Hall–Kier alpha value is -1.96. The van der Waals surface area contributed by atoms with Crippen molar-refractivity contribution in [3.05, 3.63) is 46.6 Å². The van der Waals surface area contributed by atoms with Crippen LogP contribution in [-0.4, -0.2) is 12.4 Å². The molecule has 0 spiro atoms. The maximum Gasteiger partial charge on any atom is 0.0718 e. The number of aliphatic imine (C=N–C) groups is 2. The molecular formula is C26H40N2. The largest absolute Gasteiger partial charge is 0.256 e. The molecule has 0 amide bonds. The third-order valence-electron chi connectivity index (χ3n) is 4.84. The number of hydrogen-bond acceptors (Lipinski definition) is 2. The van der Waals surface area contributed by atoms with Gasteiger partial charge in [0.25, 0.3) is 0 Å². The molecule has 0 saturated carbocycles. The van der Waals surface area contributed by atoms with Crippen LogP contribution in [0, 0.1) is 0 Å². The van der Waals surface area contributed by atoms with Crippen LogP contribution in [-0.2, 0) is 25.7 Å². The minimum absolute atomic E-state index is 1.02. The predicted molar refractivity (Wildman–Crippen MR) is 128 cm³/mol. The summed E-state index contributed by atoms with van der Waals surface area (Å²) < 4.78 is 0. The first-order valence-electron chi connectivity index (χ1n) is 11.2. The summed E-state index contributed by atoms with van der Waals surface area (Å²) in [6.07, 6.45) is 20.8. The molecule has 0 aliphatic rings. The molecule has 1 aromatic carbocycles. The van der Waals surface area contributed by atoms with Gasteiger partial charge >= 0.3 is 0 Å². The molecule has 0 aliphatic heterocycles. The van der Waals surface area contributed by atoms with Crippen LogP contribution in [0.25, 0.3) is 0 Å². The fraction of sp³-hybridized carbons (Fsp3) is 0.538. The van der Waals surface area contributed by atoms with Crippen LogP contribution in [0.5, 0.6) is 0 Å². The van der Waals surface area contributed by atoms with Gasteiger partial charge in [-0.2, -0.15) is 0 Å². The van der Waals surface area contributed by atoms with Crippen LogP contribution in [0.1, 0.15) is 89.5 Å². The summed E-state index contributed by atoms with van der Waals surface area (Å²) in [5.41, 5.74) is 8.11. The fourth-order valence-electron chi connectivity index (χ4n) is 3.74. The highest BCUT2D eigenvalue weighted by molar-refractivity contribution is 5.82. The highest BCUT2D eigenvalue weighted by Gasteiger charge is 2.21. The van der Waals surface area contributed by atoms with Crippen molar-refractivity contribution in [3.8, 4) is 0 Å². The fourth-order valence-corrected chi connectivity index (χ4v) is 3.74. The first-order chi connectivity index (χ1) is 13.7. The van der Waals surface area contributed by atoms with Gasteiger partial charge in [-0.15, -0.1) is 0 Å². The summed E-state index contributed by atoms with van der Waals surface area (Å²) >= 11 is 0. The number of nitrogens with zero attached hydrogens (tertiary/aromatic N) is 2. The van der Waals surface area contributed by atoms with Crippen LogP contribution in [0.15, 0.2) is 34.3 Å². The second kappa shape index (κ2) is 14.1. The van der Waals surface area contributed by atoms with E-state index < -0.39 is 0 Å². The van der Waals surface area contributed by atoms with E-state index in [0.29, 0.717) is 0 Å². The van der Waals surface area contributed by atoms with E-state index in [4.69, 9.17) is 9.98 Å². The van der Waals surface area contributed by atoms with Crippen molar-refractivity contribution in [2.24, 2.45) is 9.98 Å². The Morgan fingerprint density at radius 1 is 0.536 bits per heavy atom. The number of allylic oxidation sites excluding steroid dienone is 4. The molecule has 0 bridgehead atoms. The summed E-state index contributed by atoms with van der Waals surface area (Å²) in [6, 6.07) is 0. The lowest BCUT2D eigenvalue weighted by Crippen LogP contribution is -2.06. The molecule has 28 heavy (non-hydrogen) atoms. The number of benzene rings is 1. The summed E-state index contributed by atoms with van der Waals surface area (Å²) in [5.74, 6) is 0. The van der Waals surface area contributed by atoms with E-state index in [-0.39, 0.29) is 0 Å². The molecule has 0 atom stereocenters. The molecule has 0 aliphatic carbocycles. The first-order valence-corrected chi connectivity index (χ1v) is 11.2. The summed E-state index contributed by atoms with van der Waals surface area (Å²) in [4.78, 5) is 9.92. The Morgan fingerprint density at radius 2 is 0.893 bits per heavy atom. The molecule has 0 fully saturated rings. The van der Waals surface area contributed by atoms with Gasteiger partial charge < -0.3 is 0 Å². The summed E-state index contributed by atoms with van der Waals surface area (Å²) in [6.45, 7) is 13.1. The van der Waals surface area contributed by atoms with Gasteiger partial charge in [-0.05, 0) is 68.4 Å². The van der Waals surface area contributed by atoms with E-state index >= 15 is 0 Å². The van der Waals surface area contributed by atoms with Gasteiger partial charge in [0.1, 0.15) is 0 Å². The molecule has 0 radical (unpaired) electrons. The quantitative estimate of drug-likeness (QED) is 0.328. The second-order valence-corrected chi connectivity index (χ2v) is 7.22. The molecule has 0 unspecified atom stereocenters. The van der Waals surface area contributed by atoms with Crippen molar-refractivity contribution < 1.29 is 0 Å². The van der Waals surface area contributed by atoms with Crippen LogP contribution in [0.4, 0.5) is 11.4 Å². The van der Waals surface area contributed by atoms with E-state index in [9.17, 15) is 0 Å². The zero-order valence-electron chi connectivity index (χ0n) is 19.0. The smallest absolute Gasteiger partial charge is 0.0718 e. The predicted octanol–water partition coefficient (Wildman–Crippen LogP) is 8.05. The lowest BCUT2D eigenvalue weighted by Gasteiger charge is -2.23. The van der Waals surface area contributed by atoms with Crippen molar-refractivity contribution in [1.82, 2.24) is 0 Å². The number of rotatable bonds is 12. The van der Waals surface area contributed by atoms with Crippen molar-refractivity contribution in [2.45, 2.75) is 92.9 Å². The minimum Gasteiger partial charge on any atom is -0.256 e. The van der Waals surface area contributed by atoms with Gasteiger partial charge in [0.15, 0.2) is 0 Å². The maximum atomic E-state index is 4.96. The van der Waals surface area contributed by atoms with Gasteiger partial charge in [-0.25, -0.2) is 0 Å². The molecule has 2 nitrogen and oxygen atoms in total. The Balaban J connectivity index is 3.95. The van der Waals surface area contributed by atoms with Crippen molar-refractivity contribution >= 4 is 23.8 Å². The van der Waals surface area contributed by atoms with E-state index in [1.54, 1.807) is 0 Å². The normalized spacial score (nSPS) is 12.5. The SMILES string of the molecule is C/C=C/C=Nc1c(CCC)c(CCC)c(CCC)c(N=C/C=C/C)c1CCC. The van der Waals surface area contributed by atoms with Crippen molar-refractivity contribution in [1.29, 1.82) is 0 Å². The number of hydrogen-bond donors (Lipinski definition) is 0. The molecule has 1 aromatic rings. The van der Waals surface area contributed by atoms with Crippen LogP contribution < -0.4 is 0 Å². The van der Waals surface area contributed by atoms with Gasteiger partial charge in [0.2, 0.25) is 0 Å². The Morgan fingerprint density at radius 3 is 1.25 bits per heavy atom. The van der Waals surface area contributed by atoms with Gasteiger partial charge in [0.05, 0.1) is 11.4 Å². The zero-order valence-corrected chi connectivity index (χ0v) is 19.0. The van der Waals surface area contributed by atoms with E-state index in [1.165, 1.54) is 33.6 Å². The van der Waals surface area contributed by atoms with Crippen molar-refractivity contribution in [2.75, 3.05) is 0 Å². The molecule has 1 rings (SSSR count). The third kappa shape index (κ3) is 6.58. The van der Waals surface area contributed by atoms with Crippen molar-refractivity contribution in [3.63, 3.8) is 0 Å². The van der Waals surface area contributed by atoms with E-state index in [0.717, 1.165) is 51.4 Å². The Kier molecular flexibility index (Phi) is 12.1. The average molecular weight is 381 g/mol. The lowest BCUT2D eigenvalue weighted by molar-refractivity contribution is 0.816. The lowest BCUT2D eigenvalue weighted by atomic mass is 9.85. The minimum atomic E-state index is 1.02. The molecular weight excluding hydrogens is 340 g/mol.